The number of fused-ring (bicyclic) bond motifs is 1. The highest BCUT2D eigenvalue weighted by atomic mass is 32.2. The lowest BCUT2D eigenvalue weighted by molar-refractivity contribution is -0.116. The second-order valence-corrected chi connectivity index (χ2v) is 9.20. The SMILES string of the molecule is COc1ccc(CCC(=O)Nc2nc3c(s2)CN(S(C)(=O)=O)CC3)cc1. The summed E-state index contributed by atoms with van der Waals surface area (Å²) in [6.07, 6.45) is 2.76. The van der Waals surface area contributed by atoms with Gasteiger partial charge in [-0.25, -0.2) is 13.4 Å². The van der Waals surface area contributed by atoms with Crippen molar-refractivity contribution in [2.75, 3.05) is 25.2 Å². The first-order chi connectivity index (χ1) is 12.3. The van der Waals surface area contributed by atoms with Gasteiger partial charge in [-0.2, -0.15) is 4.31 Å². The van der Waals surface area contributed by atoms with Gasteiger partial charge >= 0.3 is 0 Å². The van der Waals surface area contributed by atoms with Crippen LogP contribution in [0.4, 0.5) is 5.13 Å². The third-order valence-electron chi connectivity index (χ3n) is 4.21. The maximum atomic E-state index is 12.2. The number of aromatic nitrogens is 1. The van der Waals surface area contributed by atoms with Crippen molar-refractivity contribution in [3.05, 3.63) is 40.4 Å². The van der Waals surface area contributed by atoms with E-state index in [9.17, 15) is 13.2 Å². The van der Waals surface area contributed by atoms with Gasteiger partial charge in [-0.05, 0) is 24.1 Å². The second-order valence-electron chi connectivity index (χ2n) is 6.13. The minimum atomic E-state index is -3.21. The van der Waals surface area contributed by atoms with Crippen molar-refractivity contribution in [1.82, 2.24) is 9.29 Å². The highest BCUT2D eigenvalue weighted by molar-refractivity contribution is 7.88. The minimum absolute atomic E-state index is 0.105. The van der Waals surface area contributed by atoms with Crippen molar-refractivity contribution in [1.29, 1.82) is 0 Å². The zero-order chi connectivity index (χ0) is 18.7. The quantitative estimate of drug-likeness (QED) is 0.809. The van der Waals surface area contributed by atoms with Crippen LogP contribution in [0.2, 0.25) is 0 Å². The number of hydrogen-bond acceptors (Lipinski definition) is 6. The number of sulfonamides is 1. The van der Waals surface area contributed by atoms with Crippen LogP contribution in [0.15, 0.2) is 24.3 Å². The van der Waals surface area contributed by atoms with Crippen molar-refractivity contribution in [2.24, 2.45) is 0 Å². The van der Waals surface area contributed by atoms with E-state index in [1.807, 2.05) is 24.3 Å². The summed E-state index contributed by atoms with van der Waals surface area (Å²) in [6, 6.07) is 7.62. The molecular weight excluding hydrogens is 374 g/mol. The van der Waals surface area contributed by atoms with Crippen LogP contribution in [0.25, 0.3) is 0 Å². The number of rotatable bonds is 6. The summed E-state index contributed by atoms with van der Waals surface area (Å²) in [5.74, 6) is 0.682. The Morgan fingerprint density at radius 3 is 2.73 bits per heavy atom. The van der Waals surface area contributed by atoms with Gasteiger partial charge < -0.3 is 10.1 Å². The van der Waals surface area contributed by atoms with Gasteiger partial charge in [0.2, 0.25) is 15.9 Å². The molecule has 0 saturated carbocycles. The first-order valence-corrected chi connectivity index (χ1v) is 10.9. The third kappa shape index (κ3) is 4.60. The molecule has 3 rings (SSSR count). The first kappa shape index (κ1) is 18.8. The molecule has 140 valence electrons. The minimum Gasteiger partial charge on any atom is -0.497 e. The fourth-order valence-electron chi connectivity index (χ4n) is 2.74. The summed E-state index contributed by atoms with van der Waals surface area (Å²) in [4.78, 5) is 17.5. The van der Waals surface area contributed by atoms with Crippen LogP contribution in [0.5, 0.6) is 5.75 Å². The van der Waals surface area contributed by atoms with Crippen LogP contribution in [0.1, 0.15) is 22.6 Å². The molecule has 1 aliphatic heterocycles. The molecule has 2 aromatic rings. The fraction of sp³-hybridized carbons (Fsp3) is 0.412. The summed E-state index contributed by atoms with van der Waals surface area (Å²) in [5.41, 5.74) is 1.93. The van der Waals surface area contributed by atoms with Gasteiger partial charge in [0.25, 0.3) is 0 Å². The van der Waals surface area contributed by atoms with Crippen LogP contribution in [-0.2, 0) is 34.2 Å². The number of ether oxygens (including phenoxy) is 1. The van der Waals surface area contributed by atoms with Crippen LogP contribution in [0, 0.1) is 0 Å². The molecule has 1 aromatic heterocycles. The maximum Gasteiger partial charge on any atom is 0.226 e. The second kappa shape index (κ2) is 7.73. The molecule has 0 fully saturated rings. The average Bonchev–Trinajstić information content (AvgIpc) is 3.01. The lowest BCUT2D eigenvalue weighted by Gasteiger charge is -2.23. The smallest absolute Gasteiger partial charge is 0.226 e. The van der Waals surface area contributed by atoms with Crippen molar-refractivity contribution < 1.29 is 17.9 Å². The van der Waals surface area contributed by atoms with Crippen molar-refractivity contribution in [2.45, 2.75) is 25.8 Å². The zero-order valence-electron chi connectivity index (χ0n) is 14.7. The molecule has 0 spiro atoms. The summed E-state index contributed by atoms with van der Waals surface area (Å²) < 4.78 is 29.9. The Bertz CT molecular complexity index is 891. The Balaban J connectivity index is 1.56. The van der Waals surface area contributed by atoms with Crippen LogP contribution >= 0.6 is 11.3 Å². The van der Waals surface area contributed by atoms with Gasteiger partial charge in [0.05, 0.1) is 19.1 Å². The van der Waals surface area contributed by atoms with Crippen LogP contribution < -0.4 is 10.1 Å². The van der Waals surface area contributed by atoms with Gasteiger partial charge in [-0.15, -0.1) is 11.3 Å². The number of nitrogens with one attached hydrogen (secondary N) is 1. The Morgan fingerprint density at radius 2 is 2.08 bits per heavy atom. The van der Waals surface area contributed by atoms with E-state index in [0.29, 0.717) is 37.5 Å². The number of amides is 1. The molecule has 7 nitrogen and oxygen atoms in total. The zero-order valence-corrected chi connectivity index (χ0v) is 16.3. The molecule has 9 heteroatoms. The summed E-state index contributed by atoms with van der Waals surface area (Å²) in [6.45, 7) is 0.758. The Labute approximate surface area is 157 Å². The van der Waals surface area contributed by atoms with Crippen LogP contribution in [0.3, 0.4) is 0 Å². The predicted octanol–water partition coefficient (Wildman–Crippen LogP) is 2.04. The largest absolute Gasteiger partial charge is 0.497 e. The molecule has 1 N–H and O–H groups in total. The molecule has 0 bridgehead atoms. The number of anilines is 1. The van der Waals surface area contributed by atoms with E-state index < -0.39 is 10.0 Å². The molecule has 0 atom stereocenters. The van der Waals surface area contributed by atoms with E-state index in [2.05, 4.69) is 10.3 Å². The molecule has 1 aliphatic rings. The van der Waals surface area contributed by atoms with Crippen molar-refractivity contribution in [3.63, 3.8) is 0 Å². The number of carbonyl (C=O) groups excluding carboxylic acids is 1. The molecule has 0 radical (unpaired) electrons. The van der Waals surface area contributed by atoms with Gasteiger partial charge in [0.15, 0.2) is 5.13 Å². The van der Waals surface area contributed by atoms with Crippen molar-refractivity contribution in [3.8, 4) is 5.75 Å². The average molecular weight is 396 g/mol. The predicted molar refractivity (Wildman–Crippen MR) is 101 cm³/mol. The Hall–Kier alpha value is -1.97. The molecular formula is C17H21N3O4S2. The number of nitrogens with zero attached hydrogens (tertiary/aromatic N) is 2. The molecule has 0 aliphatic carbocycles. The normalized spacial score (nSPS) is 14.7. The van der Waals surface area contributed by atoms with Crippen molar-refractivity contribution >= 4 is 32.4 Å². The number of thiazole rings is 1. The maximum absolute atomic E-state index is 12.2. The fourth-order valence-corrected chi connectivity index (χ4v) is 4.65. The summed E-state index contributed by atoms with van der Waals surface area (Å²) in [7, 11) is -1.59. The standard InChI is InChI=1S/C17H21N3O4S2/c1-24-13-6-3-12(4-7-13)5-8-16(21)19-17-18-14-9-10-20(26(2,22)23)11-15(14)25-17/h3-4,6-7H,5,8-11H2,1-2H3,(H,18,19,21). The molecule has 1 amide bonds. The lowest BCUT2D eigenvalue weighted by atomic mass is 10.1. The van der Waals surface area contributed by atoms with Gasteiger partial charge in [0, 0.05) is 30.8 Å². The van der Waals surface area contributed by atoms with Gasteiger partial charge in [0.1, 0.15) is 5.75 Å². The molecule has 1 aromatic carbocycles. The summed E-state index contributed by atoms with van der Waals surface area (Å²) in [5, 5.41) is 3.35. The van der Waals surface area contributed by atoms with Gasteiger partial charge in [-0.3, -0.25) is 4.79 Å². The number of aryl methyl sites for hydroxylation is 1. The van der Waals surface area contributed by atoms with Gasteiger partial charge in [-0.1, -0.05) is 12.1 Å². The van der Waals surface area contributed by atoms with E-state index in [1.54, 1.807) is 7.11 Å². The highest BCUT2D eigenvalue weighted by Crippen LogP contribution is 2.29. The number of benzene rings is 1. The first-order valence-electron chi connectivity index (χ1n) is 8.21. The third-order valence-corrected chi connectivity index (χ3v) is 6.46. The number of hydrogen-bond donors (Lipinski definition) is 1. The number of methoxy groups -OCH3 is 1. The topological polar surface area (TPSA) is 88.6 Å². The van der Waals surface area contributed by atoms with E-state index in [-0.39, 0.29) is 5.91 Å². The molecule has 2 heterocycles. The lowest BCUT2D eigenvalue weighted by Crippen LogP contribution is -2.34. The Morgan fingerprint density at radius 1 is 1.35 bits per heavy atom. The monoisotopic (exact) mass is 395 g/mol. The summed E-state index contributed by atoms with van der Waals surface area (Å²) >= 11 is 1.34. The Kier molecular flexibility index (Phi) is 5.59. The molecule has 0 saturated heterocycles. The van der Waals surface area contributed by atoms with Crippen LogP contribution in [-0.4, -0.2) is 43.5 Å². The van der Waals surface area contributed by atoms with E-state index in [4.69, 9.17) is 4.74 Å². The number of carbonyl (C=O) groups is 1. The molecule has 0 unspecified atom stereocenters. The van der Waals surface area contributed by atoms with E-state index in [0.717, 1.165) is 21.9 Å². The molecule has 26 heavy (non-hydrogen) atoms. The van der Waals surface area contributed by atoms with E-state index >= 15 is 0 Å². The van der Waals surface area contributed by atoms with E-state index in [1.165, 1.54) is 21.9 Å². The highest BCUT2D eigenvalue weighted by Gasteiger charge is 2.26.